The number of amides is 1. The summed E-state index contributed by atoms with van der Waals surface area (Å²) in [5.41, 5.74) is 0. The molecule has 26 heavy (non-hydrogen) atoms. The van der Waals surface area contributed by atoms with Crippen LogP contribution < -0.4 is 10.1 Å². The van der Waals surface area contributed by atoms with E-state index in [1.165, 1.54) is 6.07 Å². The molecule has 2 atom stereocenters. The SMILES string of the molecule is CC(Oc1ccc(F)c(F)c1)C(=O)N1CCNCC1c1nccn1C.Cl. The number of benzene rings is 1. The van der Waals surface area contributed by atoms with Gasteiger partial charge in [0, 0.05) is 45.1 Å². The Morgan fingerprint density at radius 1 is 1.38 bits per heavy atom. The van der Waals surface area contributed by atoms with E-state index in [1.54, 1.807) is 18.0 Å². The van der Waals surface area contributed by atoms with E-state index >= 15 is 0 Å². The van der Waals surface area contributed by atoms with E-state index in [9.17, 15) is 13.6 Å². The summed E-state index contributed by atoms with van der Waals surface area (Å²) in [4.78, 5) is 18.9. The van der Waals surface area contributed by atoms with Crippen molar-refractivity contribution < 1.29 is 18.3 Å². The van der Waals surface area contributed by atoms with Crippen LogP contribution in [0.1, 0.15) is 18.8 Å². The molecule has 9 heteroatoms. The van der Waals surface area contributed by atoms with Crippen LogP contribution in [0.25, 0.3) is 0 Å². The summed E-state index contributed by atoms with van der Waals surface area (Å²) < 4.78 is 33.7. The molecule has 1 N–H and O–H groups in total. The van der Waals surface area contributed by atoms with Crippen LogP contribution in [0.5, 0.6) is 5.75 Å². The van der Waals surface area contributed by atoms with Gasteiger partial charge in [-0.3, -0.25) is 4.79 Å². The standard InChI is InChI=1S/C17H20F2N4O2.ClH/c1-11(25-12-3-4-13(18)14(19)9-12)17(24)23-8-5-20-10-15(23)16-21-6-7-22(16)2;/h3-4,6-7,9,11,15,20H,5,8,10H2,1-2H3;1H. The maximum absolute atomic E-state index is 13.3. The summed E-state index contributed by atoms with van der Waals surface area (Å²) in [6.07, 6.45) is 2.69. The van der Waals surface area contributed by atoms with Gasteiger partial charge in [-0.15, -0.1) is 12.4 Å². The van der Waals surface area contributed by atoms with Crippen molar-refractivity contribution in [2.45, 2.75) is 19.1 Å². The highest BCUT2D eigenvalue weighted by Gasteiger charge is 2.33. The van der Waals surface area contributed by atoms with Gasteiger partial charge in [0.25, 0.3) is 5.91 Å². The Balaban J connectivity index is 0.00000243. The summed E-state index contributed by atoms with van der Waals surface area (Å²) >= 11 is 0. The zero-order chi connectivity index (χ0) is 18.0. The topological polar surface area (TPSA) is 59.4 Å². The lowest BCUT2D eigenvalue weighted by Gasteiger charge is -2.37. The summed E-state index contributed by atoms with van der Waals surface area (Å²) in [6.45, 7) is 3.38. The van der Waals surface area contributed by atoms with Gasteiger partial charge >= 0.3 is 0 Å². The van der Waals surface area contributed by atoms with Crippen molar-refractivity contribution in [2.24, 2.45) is 7.05 Å². The number of aromatic nitrogens is 2. The monoisotopic (exact) mass is 386 g/mol. The molecule has 3 rings (SSSR count). The number of hydrogen-bond acceptors (Lipinski definition) is 4. The number of piperazine rings is 1. The first-order valence-corrected chi connectivity index (χ1v) is 8.07. The molecule has 142 valence electrons. The molecule has 1 aromatic heterocycles. The molecule has 2 unspecified atom stereocenters. The second kappa shape index (κ2) is 8.46. The number of ether oxygens (including phenoxy) is 1. The Labute approximate surface area is 156 Å². The zero-order valence-corrected chi connectivity index (χ0v) is 15.3. The van der Waals surface area contributed by atoms with Crippen molar-refractivity contribution >= 4 is 18.3 Å². The van der Waals surface area contributed by atoms with Crippen molar-refractivity contribution in [3.63, 3.8) is 0 Å². The lowest BCUT2D eigenvalue weighted by atomic mass is 10.1. The first-order valence-electron chi connectivity index (χ1n) is 8.07. The average Bonchev–Trinajstić information content (AvgIpc) is 3.03. The largest absolute Gasteiger partial charge is 0.481 e. The normalized spacial score (nSPS) is 18.2. The Hall–Kier alpha value is -2.19. The molecular formula is C17H21ClF2N4O2. The van der Waals surface area contributed by atoms with Crippen LogP contribution in [0.2, 0.25) is 0 Å². The summed E-state index contributed by atoms with van der Waals surface area (Å²) in [5, 5.41) is 3.26. The van der Waals surface area contributed by atoms with Gasteiger partial charge in [0.05, 0.1) is 0 Å². The first kappa shape index (κ1) is 20.1. The van der Waals surface area contributed by atoms with Gasteiger partial charge in [0.1, 0.15) is 17.6 Å². The first-order chi connectivity index (χ1) is 12.0. The van der Waals surface area contributed by atoms with Gasteiger partial charge in [0.15, 0.2) is 17.7 Å². The van der Waals surface area contributed by atoms with Crippen molar-refractivity contribution in [1.82, 2.24) is 19.8 Å². The molecule has 1 fully saturated rings. The summed E-state index contributed by atoms with van der Waals surface area (Å²) in [6, 6.07) is 3.00. The fraction of sp³-hybridized carbons (Fsp3) is 0.412. The zero-order valence-electron chi connectivity index (χ0n) is 14.5. The van der Waals surface area contributed by atoms with Gasteiger partial charge in [0.2, 0.25) is 0 Å². The Morgan fingerprint density at radius 2 is 2.15 bits per heavy atom. The molecule has 1 aliphatic heterocycles. The number of carbonyl (C=O) groups is 1. The second-order valence-electron chi connectivity index (χ2n) is 5.98. The van der Waals surface area contributed by atoms with Crippen molar-refractivity contribution in [3.05, 3.63) is 48.1 Å². The van der Waals surface area contributed by atoms with Crippen LogP contribution in [-0.2, 0) is 11.8 Å². The van der Waals surface area contributed by atoms with E-state index in [0.717, 1.165) is 18.0 Å². The van der Waals surface area contributed by atoms with Crippen LogP contribution in [0.4, 0.5) is 8.78 Å². The van der Waals surface area contributed by atoms with Gasteiger partial charge in [-0.25, -0.2) is 13.8 Å². The van der Waals surface area contributed by atoms with Crippen LogP contribution in [0.15, 0.2) is 30.6 Å². The molecule has 1 amide bonds. The third-order valence-corrected chi connectivity index (χ3v) is 4.23. The van der Waals surface area contributed by atoms with Crippen molar-refractivity contribution in [1.29, 1.82) is 0 Å². The van der Waals surface area contributed by atoms with Crippen molar-refractivity contribution in [3.8, 4) is 5.75 Å². The second-order valence-corrected chi connectivity index (χ2v) is 5.98. The number of carbonyl (C=O) groups excluding carboxylic acids is 1. The Kier molecular flexibility index (Phi) is 6.55. The molecule has 6 nitrogen and oxygen atoms in total. The highest BCUT2D eigenvalue weighted by atomic mass is 35.5. The van der Waals surface area contributed by atoms with E-state index in [-0.39, 0.29) is 30.1 Å². The third-order valence-electron chi connectivity index (χ3n) is 4.23. The highest BCUT2D eigenvalue weighted by molar-refractivity contribution is 5.85. The van der Waals surface area contributed by atoms with Gasteiger partial charge < -0.3 is 19.5 Å². The Morgan fingerprint density at radius 3 is 2.81 bits per heavy atom. The number of aryl methyl sites for hydroxylation is 1. The predicted octanol–water partition coefficient (Wildman–Crippen LogP) is 2.06. The van der Waals surface area contributed by atoms with Crippen LogP contribution in [0.3, 0.4) is 0 Å². The molecule has 2 aromatic rings. The fourth-order valence-electron chi connectivity index (χ4n) is 2.94. The molecule has 0 spiro atoms. The van der Waals surface area contributed by atoms with Crippen LogP contribution >= 0.6 is 12.4 Å². The summed E-state index contributed by atoms with van der Waals surface area (Å²) in [7, 11) is 1.88. The minimum absolute atomic E-state index is 0. The molecule has 1 saturated heterocycles. The average molecular weight is 387 g/mol. The fourth-order valence-corrected chi connectivity index (χ4v) is 2.94. The van der Waals surface area contributed by atoms with E-state index in [2.05, 4.69) is 10.3 Å². The number of nitrogens with one attached hydrogen (secondary N) is 1. The van der Waals surface area contributed by atoms with Gasteiger partial charge in [-0.2, -0.15) is 0 Å². The van der Waals surface area contributed by atoms with Crippen molar-refractivity contribution in [2.75, 3.05) is 19.6 Å². The maximum Gasteiger partial charge on any atom is 0.264 e. The molecule has 0 aliphatic carbocycles. The lowest BCUT2D eigenvalue weighted by molar-refractivity contribution is -0.141. The maximum atomic E-state index is 13.3. The van der Waals surface area contributed by atoms with Gasteiger partial charge in [-0.1, -0.05) is 0 Å². The predicted molar refractivity (Wildman–Crippen MR) is 94.2 cm³/mol. The van der Waals surface area contributed by atoms with E-state index < -0.39 is 17.7 Å². The number of nitrogens with zero attached hydrogens (tertiary/aromatic N) is 3. The van der Waals surface area contributed by atoms with E-state index in [4.69, 9.17) is 4.74 Å². The third kappa shape index (κ3) is 4.13. The minimum Gasteiger partial charge on any atom is -0.481 e. The molecule has 0 saturated carbocycles. The lowest BCUT2D eigenvalue weighted by Crippen LogP contribution is -2.52. The number of rotatable bonds is 4. The van der Waals surface area contributed by atoms with Crippen LogP contribution in [-0.4, -0.2) is 46.1 Å². The smallest absolute Gasteiger partial charge is 0.264 e. The molecule has 2 heterocycles. The number of halogens is 3. The highest BCUT2D eigenvalue weighted by Crippen LogP contribution is 2.23. The van der Waals surface area contributed by atoms with Gasteiger partial charge in [-0.05, 0) is 19.1 Å². The molecular weight excluding hydrogens is 366 g/mol. The molecule has 1 aromatic carbocycles. The number of imidazole rings is 1. The molecule has 0 radical (unpaired) electrons. The van der Waals surface area contributed by atoms with Crippen LogP contribution in [0, 0.1) is 11.6 Å². The molecule has 1 aliphatic rings. The quantitative estimate of drug-likeness (QED) is 0.873. The minimum atomic E-state index is -1.01. The summed E-state index contributed by atoms with van der Waals surface area (Å²) in [5.74, 6) is -1.29. The number of hydrogen-bond donors (Lipinski definition) is 1. The Bertz CT molecular complexity index is 771. The van der Waals surface area contributed by atoms with E-state index in [1.807, 2.05) is 17.8 Å². The molecule has 0 bridgehead atoms. The van der Waals surface area contributed by atoms with E-state index in [0.29, 0.717) is 19.6 Å².